The summed E-state index contributed by atoms with van der Waals surface area (Å²) in [6.07, 6.45) is 8.06. The number of nitrogens with two attached hydrogens (primary N) is 1. The van der Waals surface area contributed by atoms with Crippen molar-refractivity contribution in [1.29, 1.82) is 0 Å². The summed E-state index contributed by atoms with van der Waals surface area (Å²) in [5.41, 5.74) is 8.10. The second-order valence-electron chi connectivity index (χ2n) is 6.76. The zero-order valence-corrected chi connectivity index (χ0v) is 15.2. The van der Waals surface area contributed by atoms with Crippen molar-refractivity contribution in [3.05, 3.63) is 29.6 Å². The van der Waals surface area contributed by atoms with Crippen LogP contribution >= 0.6 is 24.8 Å². The molecular weight excluding hydrogens is 333 g/mol. The molecule has 3 N–H and O–H groups in total. The molecule has 0 aromatic carbocycles. The second-order valence-corrected chi connectivity index (χ2v) is 6.76. The number of carbonyl (C=O) groups is 1. The van der Waals surface area contributed by atoms with Gasteiger partial charge in [0.05, 0.1) is 6.42 Å². The van der Waals surface area contributed by atoms with E-state index in [4.69, 9.17) is 5.73 Å². The number of halogens is 2. The summed E-state index contributed by atoms with van der Waals surface area (Å²) in [7, 11) is 0. The predicted molar refractivity (Wildman–Crippen MR) is 97.1 cm³/mol. The minimum absolute atomic E-state index is 0. The van der Waals surface area contributed by atoms with Crippen molar-refractivity contribution in [2.24, 2.45) is 17.6 Å². The van der Waals surface area contributed by atoms with E-state index in [2.05, 4.69) is 10.3 Å². The molecule has 2 saturated carbocycles. The molecule has 0 aliphatic heterocycles. The maximum absolute atomic E-state index is 12.3. The van der Waals surface area contributed by atoms with Crippen LogP contribution in [0.2, 0.25) is 0 Å². The van der Waals surface area contributed by atoms with E-state index in [1.165, 1.54) is 19.3 Å². The molecule has 2 aliphatic carbocycles. The molecule has 2 unspecified atom stereocenters. The van der Waals surface area contributed by atoms with Crippen LogP contribution in [0.25, 0.3) is 0 Å². The molecule has 1 heterocycles. The Morgan fingerprint density at radius 2 is 1.91 bits per heavy atom. The third-order valence-corrected chi connectivity index (χ3v) is 5.04. The van der Waals surface area contributed by atoms with Gasteiger partial charge in [0.2, 0.25) is 5.91 Å². The Kier molecular flexibility index (Phi) is 7.78. The third kappa shape index (κ3) is 5.07. The molecule has 23 heavy (non-hydrogen) atoms. The fourth-order valence-electron chi connectivity index (χ4n) is 4.05. The number of carbonyl (C=O) groups excluding carboxylic acids is 1. The van der Waals surface area contributed by atoms with E-state index in [-0.39, 0.29) is 30.7 Å². The Hall–Kier alpha value is -0.840. The van der Waals surface area contributed by atoms with Crippen LogP contribution in [0.15, 0.2) is 18.3 Å². The molecule has 0 radical (unpaired) electrons. The Morgan fingerprint density at radius 1 is 1.26 bits per heavy atom. The molecule has 4 nitrogen and oxygen atoms in total. The maximum atomic E-state index is 12.3. The van der Waals surface area contributed by atoms with E-state index in [0.29, 0.717) is 30.3 Å². The van der Waals surface area contributed by atoms with Gasteiger partial charge in [-0.1, -0.05) is 12.5 Å². The lowest BCUT2D eigenvalue weighted by atomic mass is 9.67. The van der Waals surface area contributed by atoms with Crippen molar-refractivity contribution >= 4 is 30.7 Å². The van der Waals surface area contributed by atoms with Crippen LogP contribution < -0.4 is 11.1 Å². The summed E-state index contributed by atoms with van der Waals surface area (Å²) >= 11 is 0. The molecule has 6 heteroatoms. The Balaban J connectivity index is 0.00000132. The minimum Gasteiger partial charge on any atom is -0.353 e. The number of nitrogens with zero attached hydrogens (tertiary/aromatic N) is 1. The summed E-state index contributed by atoms with van der Waals surface area (Å²) in [6, 6.07) is 4.61. The van der Waals surface area contributed by atoms with Gasteiger partial charge in [0.25, 0.3) is 0 Å². The highest BCUT2D eigenvalue weighted by molar-refractivity contribution is 5.85. The zero-order chi connectivity index (χ0) is 14.8. The van der Waals surface area contributed by atoms with Crippen molar-refractivity contribution < 1.29 is 4.79 Å². The Morgan fingerprint density at radius 3 is 2.48 bits per heavy atom. The molecule has 0 spiro atoms. The molecule has 2 atom stereocenters. The van der Waals surface area contributed by atoms with Gasteiger partial charge < -0.3 is 11.1 Å². The highest BCUT2D eigenvalue weighted by atomic mass is 35.5. The smallest absolute Gasteiger partial charge is 0.224 e. The van der Waals surface area contributed by atoms with E-state index < -0.39 is 0 Å². The van der Waals surface area contributed by atoms with Crippen molar-refractivity contribution in [2.45, 2.75) is 57.5 Å². The van der Waals surface area contributed by atoms with E-state index in [1.54, 1.807) is 6.20 Å². The molecule has 0 saturated heterocycles. The summed E-state index contributed by atoms with van der Waals surface area (Å²) < 4.78 is 0. The summed E-state index contributed by atoms with van der Waals surface area (Å²) in [5, 5.41) is 3.28. The van der Waals surface area contributed by atoms with E-state index >= 15 is 0 Å². The van der Waals surface area contributed by atoms with E-state index in [1.807, 2.05) is 19.1 Å². The van der Waals surface area contributed by atoms with Gasteiger partial charge in [0.15, 0.2) is 0 Å². The van der Waals surface area contributed by atoms with Gasteiger partial charge in [0.1, 0.15) is 0 Å². The number of amides is 1. The van der Waals surface area contributed by atoms with Crippen LogP contribution in [0, 0.1) is 18.8 Å². The number of hydrogen-bond donors (Lipinski definition) is 2. The fourth-order valence-corrected chi connectivity index (χ4v) is 4.05. The maximum Gasteiger partial charge on any atom is 0.224 e. The molecule has 2 fully saturated rings. The summed E-state index contributed by atoms with van der Waals surface area (Å²) in [4.78, 5) is 16.6. The van der Waals surface area contributed by atoms with Crippen LogP contribution in [0.1, 0.15) is 43.4 Å². The van der Waals surface area contributed by atoms with Crippen molar-refractivity contribution in [2.75, 3.05) is 0 Å². The van der Waals surface area contributed by atoms with Gasteiger partial charge in [-0.05, 0) is 56.1 Å². The number of fused-ring (bicyclic) bond motifs is 2. The molecule has 2 bridgehead atoms. The minimum atomic E-state index is 0. The molecule has 2 aliphatic rings. The number of pyridine rings is 1. The lowest BCUT2D eigenvalue weighted by Gasteiger charge is -2.45. The Labute approximate surface area is 150 Å². The van der Waals surface area contributed by atoms with E-state index in [0.717, 1.165) is 24.1 Å². The van der Waals surface area contributed by atoms with Gasteiger partial charge >= 0.3 is 0 Å². The van der Waals surface area contributed by atoms with Gasteiger partial charge in [-0.15, -0.1) is 24.8 Å². The first kappa shape index (κ1) is 20.2. The summed E-state index contributed by atoms with van der Waals surface area (Å²) in [5.74, 6) is 1.28. The largest absolute Gasteiger partial charge is 0.353 e. The van der Waals surface area contributed by atoms with Crippen molar-refractivity contribution in [1.82, 2.24) is 10.3 Å². The summed E-state index contributed by atoms with van der Waals surface area (Å²) in [6.45, 7) is 1.95. The van der Waals surface area contributed by atoms with Crippen molar-refractivity contribution in [3.8, 4) is 0 Å². The lowest BCUT2D eigenvalue weighted by Crippen LogP contribution is -2.54. The first-order valence-electron chi connectivity index (χ1n) is 8.08. The van der Waals surface area contributed by atoms with Crippen LogP contribution in [0.5, 0.6) is 0 Å². The first-order chi connectivity index (χ1) is 10.1. The quantitative estimate of drug-likeness (QED) is 0.871. The highest BCUT2D eigenvalue weighted by Crippen LogP contribution is 2.39. The third-order valence-electron chi connectivity index (χ3n) is 5.04. The zero-order valence-electron chi connectivity index (χ0n) is 13.5. The van der Waals surface area contributed by atoms with Gasteiger partial charge in [-0.25, -0.2) is 0 Å². The molecule has 3 rings (SSSR count). The predicted octanol–water partition coefficient (Wildman–Crippen LogP) is 2.80. The average Bonchev–Trinajstić information content (AvgIpc) is 2.42. The van der Waals surface area contributed by atoms with E-state index in [9.17, 15) is 4.79 Å². The van der Waals surface area contributed by atoms with Crippen LogP contribution in [0.4, 0.5) is 0 Å². The van der Waals surface area contributed by atoms with Crippen LogP contribution in [-0.4, -0.2) is 23.0 Å². The molecule has 1 aromatic rings. The van der Waals surface area contributed by atoms with Gasteiger partial charge in [0, 0.05) is 24.0 Å². The fraction of sp³-hybridized carbons (Fsp3) is 0.647. The van der Waals surface area contributed by atoms with Gasteiger partial charge in [-0.2, -0.15) is 0 Å². The number of nitrogens with one attached hydrogen (secondary N) is 1. The molecule has 1 amide bonds. The van der Waals surface area contributed by atoms with Crippen molar-refractivity contribution in [3.63, 3.8) is 0 Å². The average molecular weight is 360 g/mol. The topological polar surface area (TPSA) is 68.0 Å². The number of hydrogen-bond acceptors (Lipinski definition) is 3. The normalized spacial score (nSPS) is 29.0. The van der Waals surface area contributed by atoms with Crippen LogP contribution in [-0.2, 0) is 11.2 Å². The number of aromatic nitrogens is 1. The number of aryl methyl sites for hydroxylation is 1. The Bertz CT molecular complexity index is 495. The second kappa shape index (κ2) is 8.86. The van der Waals surface area contributed by atoms with Gasteiger partial charge in [-0.3, -0.25) is 9.78 Å². The van der Waals surface area contributed by atoms with Crippen LogP contribution in [0.3, 0.4) is 0 Å². The molecule has 130 valence electrons. The molecule has 1 aromatic heterocycles. The first-order valence-corrected chi connectivity index (χ1v) is 8.08. The molecular formula is C17H27Cl2N3O. The lowest BCUT2D eigenvalue weighted by molar-refractivity contribution is -0.122. The monoisotopic (exact) mass is 359 g/mol. The SMILES string of the molecule is Cc1ccc(CC(=O)NC2C3CCCC2CC(N)C3)cn1.Cl.Cl. The standard InChI is InChI=1S/C17H25N3O.2ClH/c1-11-5-6-12(10-19-11)7-16(21)20-17-13-3-2-4-14(17)9-15(18)8-13;;/h5-6,10,13-15,17H,2-4,7-9,18H2,1H3,(H,20,21);2*1H. The highest BCUT2D eigenvalue weighted by Gasteiger charge is 2.39. The number of rotatable bonds is 3.